The highest BCUT2D eigenvalue weighted by Crippen LogP contribution is 2.36. The Morgan fingerprint density at radius 2 is 1.85 bits per heavy atom. The fraction of sp³-hybridized carbons (Fsp3) is 0.500. The molecule has 0 aromatic heterocycles. The van der Waals surface area contributed by atoms with E-state index < -0.39 is 10.0 Å². The van der Waals surface area contributed by atoms with E-state index in [1.165, 1.54) is 18.4 Å². The number of rotatable bonds is 5. The molecule has 3 N–H and O–H groups in total. The molecule has 7 nitrogen and oxygen atoms in total. The van der Waals surface area contributed by atoms with Crippen LogP contribution in [0.25, 0.3) is 0 Å². The minimum Gasteiger partial charge on any atom is -0.486 e. The third-order valence-corrected chi connectivity index (χ3v) is 4.78. The van der Waals surface area contributed by atoms with Crippen LogP contribution in [0.3, 0.4) is 0 Å². The van der Waals surface area contributed by atoms with Crippen LogP contribution in [0.15, 0.2) is 12.1 Å². The number of hydrogen-bond donors (Lipinski definition) is 2. The number of nitrogen functional groups attached to an aromatic ring is 1. The molecule has 20 heavy (non-hydrogen) atoms. The Kier molecular flexibility index (Phi) is 4.24. The lowest BCUT2D eigenvalue weighted by Gasteiger charge is -2.20. The Morgan fingerprint density at radius 1 is 1.25 bits per heavy atom. The van der Waals surface area contributed by atoms with Gasteiger partial charge in [0.1, 0.15) is 13.2 Å². The summed E-state index contributed by atoms with van der Waals surface area (Å²) in [6.45, 7) is 1.26. The molecule has 1 aliphatic rings. The molecule has 1 aromatic rings. The molecular formula is C12H19N3O4S. The SMILES string of the molecule is CN(C)S(=O)(=O)CCNc1cc2c(cc1N)OCCO2. The quantitative estimate of drug-likeness (QED) is 0.762. The highest BCUT2D eigenvalue weighted by molar-refractivity contribution is 7.89. The van der Waals surface area contributed by atoms with E-state index in [0.717, 1.165) is 0 Å². The molecule has 8 heteroatoms. The van der Waals surface area contributed by atoms with Gasteiger partial charge in [-0.1, -0.05) is 0 Å². The Hall–Kier alpha value is -1.67. The number of hydrogen-bond acceptors (Lipinski definition) is 6. The highest BCUT2D eigenvalue weighted by atomic mass is 32.2. The van der Waals surface area contributed by atoms with E-state index in [1.54, 1.807) is 12.1 Å². The van der Waals surface area contributed by atoms with Crippen LogP contribution in [0.2, 0.25) is 0 Å². The first-order valence-corrected chi connectivity index (χ1v) is 7.84. The molecule has 0 atom stereocenters. The molecule has 0 saturated carbocycles. The molecule has 1 aromatic carbocycles. The Labute approximate surface area is 118 Å². The summed E-state index contributed by atoms with van der Waals surface area (Å²) in [7, 11) is -0.209. The van der Waals surface area contributed by atoms with Crippen molar-refractivity contribution >= 4 is 21.4 Å². The fourth-order valence-electron chi connectivity index (χ4n) is 1.75. The van der Waals surface area contributed by atoms with Crippen LogP contribution in [-0.2, 0) is 10.0 Å². The van der Waals surface area contributed by atoms with Gasteiger partial charge in [0.05, 0.1) is 17.1 Å². The van der Waals surface area contributed by atoms with Crippen LogP contribution in [0.5, 0.6) is 11.5 Å². The minimum absolute atomic E-state index is 0.00607. The standard InChI is InChI=1S/C12H19N3O4S/c1-15(2)20(16,17)6-3-14-10-8-12-11(7-9(10)13)18-4-5-19-12/h7-8,14H,3-6,13H2,1-2H3. The lowest BCUT2D eigenvalue weighted by Crippen LogP contribution is -2.28. The molecule has 0 saturated heterocycles. The number of sulfonamides is 1. The summed E-state index contributed by atoms with van der Waals surface area (Å²) < 4.78 is 35.4. The smallest absolute Gasteiger partial charge is 0.215 e. The van der Waals surface area contributed by atoms with E-state index in [2.05, 4.69) is 5.32 Å². The number of anilines is 2. The second-order valence-electron chi connectivity index (χ2n) is 4.61. The van der Waals surface area contributed by atoms with Crippen LogP contribution >= 0.6 is 0 Å². The van der Waals surface area contributed by atoms with Crippen LogP contribution in [0.4, 0.5) is 11.4 Å². The Morgan fingerprint density at radius 3 is 2.45 bits per heavy atom. The first-order chi connectivity index (χ1) is 9.40. The molecule has 0 radical (unpaired) electrons. The third kappa shape index (κ3) is 3.26. The minimum atomic E-state index is -3.22. The van der Waals surface area contributed by atoms with E-state index in [-0.39, 0.29) is 12.3 Å². The second kappa shape index (κ2) is 5.76. The van der Waals surface area contributed by atoms with Crippen LogP contribution in [0, 0.1) is 0 Å². The van der Waals surface area contributed by atoms with Crippen molar-refractivity contribution in [3.05, 3.63) is 12.1 Å². The molecule has 112 valence electrons. The summed E-state index contributed by atoms with van der Waals surface area (Å²) >= 11 is 0. The predicted octanol–water partition coefficient (Wildman–Crippen LogP) is 0.343. The zero-order chi connectivity index (χ0) is 14.8. The molecule has 2 rings (SSSR count). The molecule has 0 spiro atoms. The average molecular weight is 301 g/mol. The maximum Gasteiger partial charge on any atom is 0.215 e. The van der Waals surface area contributed by atoms with Crippen molar-refractivity contribution in [2.45, 2.75) is 0 Å². The van der Waals surface area contributed by atoms with Crippen molar-refractivity contribution in [2.75, 3.05) is 50.7 Å². The maximum atomic E-state index is 11.6. The molecule has 0 bridgehead atoms. The van der Waals surface area contributed by atoms with Gasteiger partial charge in [-0.15, -0.1) is 0 Å². The number of benzene rings is 1. The first-order valence-electron chi connectivity index (χ1n) is 6.23. The second-order valence-corrected chi connectivity index (χ2v) is 6.91. The molecule has 1 aliphatic heterocycles. The van der Waals surface area contributed by atoms with Crippen LogP contribution in [-0.4, -0.2) is 52.3 Å². The van der Waals surface area contributed by atoms with Gasteiger partial charge in [0, 0.05) is 32.8 Å². The van der Waals surface area contributed by atoms with Gasteiger partial charge in [-0.2, -0.15) is 0 Å². The number of ether oxygens (including phenoxy) is 2. The van der Waals surface area contributed by atoms with E-state index in [9.17, 15) is 8.42 Å². The van der Waals surface area contributed by atoms with Gasteiger partial charge < -0.3 is 20.5 Å². The molecular weight excluding hydrogens is 282 g/mol. The normalized spacial score (nSPS) is 14.3. The molecule has 0 amide bonds. The van der Waals surface area contributed by atoms with Gasteiger partial charge in [0.15, 0.2) is 11.5 Å². The van der Waals surface area contributed by atoms with Gasteiger partial charge in [0.25, 0.3) is 0 Å². The molecule has 0 fully saturated rings. The van der Waals surface area contributed by atoms with Crippen molar-refractivity contribution in [1.82, 2.24) is 4.31 Å². The van der Waals surface area contributed by atoms with Crippen molar-refractivity contribution in [2.24, 2.45) is 0 Å². The van der Waals surface area contributed by atoms with Crippen molar-refractivity contribution in [3.63, 3.8) is 0 Å². The van der Waals surface area contributed by atoms with Crippen molar-refractivity contribution in [1.29, 1.82) is 0 Å². The van der Waals surface area contributed by atoms with E-state index >= 15 is 0 Å². The van der Waals surface area contributed by atoms with E-state index in [4.69, 9.17) is 15.2 Å². The number of nitrogens with zero attached hydrogens (tertiary/aromatic N) is 1. The molecule has 1 heterocycles. The molecule has 0 aliphatic carbocycles. The Balaban J connectivity index is 2.03. The lowest BCUT2D eigenvalue weighted by molar-refractivity contribution is 0.172. The topological polar surface area (TPSA) is 93.9 Å². The van der Waals surface area contributed by atoms with Crippen molar-refractivity contribution in [3.8, 4) is 11.5 Å². The van der Waals surface area contributed by atoms with Gasteiger partial charge >= 0.3 is 0 Å². The zero-order valence-electron chi connectivity index (χ0n) is 11.5. The first kappa shape index (κ1) is 14.7. The van der Waals surface area contributed by atoms with Crippen LogP contribution < -0.4 is 20.5 Å². The van der Waals surface area contributed by atoms with Gasteiger partial charge in [-0.25, -0.2) is 12.7 Å². The van der Waals surface area contributed by atoms with Gasteiger partial charge in [-0.05, 0) is 0 Å². The van der Waals surface area contributed by atoms with Gasteiger partial charge in [-0.3, -0.25) is 0 Å². The summed E-state index contributed by atoms with van der Waals surface area (Å²) in [5.41, 5.74) is 7.03. The van der Waals surface area contributed by atoms with E-state index in [0.29, 0.717) is 36.1 Å². The average Bonchev–Trinajstić information content (AvgIpc) is 2.39. The molecule has 0 unspecified atom stereocenters. The van der Waals surface area contributed by atoms with Crippen molar-refractivity contribution < 1.29 is 17.9 Å². The number of nitrogens with one attached hydrogen (secondary N) is 1. The summed E-state index contributed by atoms with van der Waals surface area (Å²) in [4.78, 5) is 0. The van der Waals surface area contributed by atoms with Crippen LogP contribution in [0.1, 0.15) is 0 Å². The maximum absolute atomic E-state index is 11.6. The summed E-state index contributed by atoms with van der Waals surface area (Å²) in [6.07, 6.45) is 0. The summed E-state index contributed by atoms with van der Waals surface area (Å²) in [5.74, 6) is 1.22. The largest absolute Gasteiger partial charge is 0.486 e. The highest BCUT2D eigenvalue weighted by Gasteiger charge is 2.16. The summed E-state index contributed by atoms with van der Waals surface area (Å²) in [6, 6.07) is 3.41. The number of fused-ring (bicyclic) bond motifs is 1. The van der Waals surface area contributed by atoms with E-state index in [1.807, 2.05) is 0 Å². The fourth-order valence-corrected chi connectivity index (χ4v) is 2.48. The zero-order valence-corrected chi connectivity index (χ0v) is 12.4. The van der Waals surface area contributed by atoms with Gasteiger partial charge in [0.2, 0.25) is 10.0 Å². The monoisotopic (exact) mass is 301 g/mol. The summed E-state index contributed by atoms with van der Waals surface area (Å²) in [5, 5.41) is 3.01. The third-order valence-electron chi connectivity index (χ3n) is 2.95. The predicted molar refractivity (Wildman–Crippen MR) is 77.8 cm³/mol. The Bertz CT molecular complexity index is 587. The number of nitrogens with two attached hydrogens (primary N) is 1. The lowest BCUT2D eigenvalue weighted by atomic mass is 10.2.